The largest absolute Gasteiger partial charge is 0.325 e. The van der Waals surface area contributed by atoms with E-state index in [9.17, 15) is 9.59 Å². The highest BCUT2D eigenvalue weighted by Crippen LogP contribution is 2.27. The molecule has 2 rings (SSSR count). The lowest BCUT2D eigenvalue weighted by Crippen LogP contribution is -2.20. The van der Waals surface area contributed by atoms with Crippen LogP contribution >= 0.6 is 0 Å². The van der Waals surface area contributed by atoms with Gasteiger partial charge in [0.05, 0.1) is 6.42 Å². The summed E-state index contributed by atoms with van der Waals surface area (Å²) in [7, 11) is 0. The van der Waals surface area contributed by atoms with Crippen LogP contribution in [0, 0.1) is 0 Å². The molecule has 5 heteroatoms. The standard InChI is InChI=1S/C16H21N3O2/c1-11(18-19-12(2)20)10-16(21)17-15-9-5-7-13-6-3-4-8-14(13)15/h5,7,9H,3-4,6,8,10H2,1-2H3,(H,17,21)(H,19,20). The van der Waals surface area contributed by atoms with Gasteiger partial charge in [-0.2, -0.15) is 5.10 Å². The molecule has 0 saturated carbocycles. The molecular weight excluding hydrogens is 266 g/mol. The van der Waals surface area contributed by atoms with Gasteiger partial charge in [-0.15, -0.1) is 0 Å². The number of benzene rings is 1. The van der Waals surface area contributed by atoms with Crippen LogP contribution in [0.5, 0.6) is 0 Å². The molecule has 0 aliphatic heterocycles. The van der Waals surface area contributed by atoms with Crippen LogP contribution in [0.1, 0.15) is 44.2 Å². The third kappa shape index (κ3) is 4.41. The van der Waals surface area contributed by atoms with E-state index in [4.69, 9.17) is 0 Å². The van der Waals surface area contributed by atoms with E-state index in [0.717, 1.165) is 18.5 Å². The van der Waals surface area contributed by atoms with Crippen molar-refractivity contribution in [2.24, 2.45) is 5.10 Å². The molecule has 0 unspecified atom stereocenters. The number of fused-ring (bicyclic) bond motifs is 1. The second-order valence-electron chi connectivity index (χ2n) is 5.39. The normalized spacial score (nSPS) is 14.3. The van der Waals surface area contributed by atoms with Gasteiger partial charge in [0.1, 0.15) is 0 Å². The van der Waals surface area contributed by atoms with Crippen LogP contribution in [0.15, 0.2) is 23.3 Å². The van der Waals surface area contributed by atoms with Gasteiger partial charge in [-0.1, -0.05) is 12.1 Å². The number of amides is 2. The first kappa shape index (κ1) is 15.2. The number of nitrogens with zero attached hydrogens (tertiary/aromatic N) is 1. The van der Waals surface area contributed by atoms with Crippen molar-refractivity contribution in [2.75, 3.05) is 5.32 Å². The lowest BCUT2D eigenvalue weighted by molar-refractivity contribution is -0.119. The Morgan fingerprint density at radius 3 is 2.71 bits per heavy atom. The van der Waals surface area contributed by atoms with Crippen LogP contribution in [0.3, 0.4) is 0 Å². The van der Waals surface area contributed by atoms with Crippen molar-refractivity contribution < 1.29 is 9.59 Å². The van der Waals surface area contributed by atoms with E-state index in [2.05, 4.69) is 21.9 Å². The van der Waals surface area contributed by atoms with Crippen molar-refractivity contribution in [2.45, 2.75) is 46.0 Å². The van der Waals surface area contributed by atoms with Gasteiger partial charge in [0.25, 0.3) is 0 Å². The summed E-state index contributed by atoms with van der Waals surface area (Å²) >= 11 is 0. The van der Waals surface area contributed by atoms with Crippen LogP contribution in [-0.4, -0.2) is 17.5 Å². The summed E-state index contributed by atoms with van der Waals surface area (Å²) in [5.41, 5.74) is 6.41. The van der Waals surface area contributed by atoms with E-state index in [1.807, 2.05) is 12.1 Å². The molecule has 1 aliphatic rings. The van der Waals surface area contributed by atoms with E-state index in [1.54, 1.807) is 6.92 Å². The van der Waals surface area contributed by atoms with Gasteiger partial charge in [0, 0.05) is 18.3 Å². The van der Waals surface area contributed by atoms with Gasteiger partial charge in [0.15, 0.2) is 0 Å². The van der Waals surface area contributed by atoms with Gasteiger partial charge in [-0.3, -0.25) is 9.59 Å². The number of anilines is 1. The molecule has 5 nitrogen and oxygen atoms in total. The number of aryl methyl sites for hydroxylation is 1. The van der Waals surface area contributed by atoms with Gasteiger partial charge < -0.3 is 5.32 Å². The van der Waals surface area contributed by atoms with Crippen molar-refractivity contribution in [3.63, 3.8) is 0 Å². The van der Waals surface area contributed by atoms with Gasteiger partial charge >= 0.3 is 0 Å². The molecule has 0 fully saturated rings. The average Bonchev–Trinajstić information content (AvgIpc) is 2.45. The van der Waals surface area contributed by atoms with Crippen LogP contribution in [0.4, 0.5) is 5.69 Å². The molecule has 0 atom stereocenters. The van der Waals surface area contributed by atoms with Gasteiger partial charge in [-0.25, -0.2) is 5.43 Å². The fourth-order valence-electron chi connectivity index (χ4n) is 2.54. The molecule has 1 aliphatic carbocycles. The van der Waals surface area contributed by atoms with Gasteiger partial charge in [0.2, 0.25) is 11.8 Å². The molecule has 2 N–H and O–H groups in total. The number of hydrogen-bond acceptors (Lipinski definition) is 3. The Bertz CT molecular complexity index is 579. The number of nitrogens with one attached hydrogen (secondary N) is 2. The molecule has 2 amide bonds. The number of rotatable bonds is 4. The predicted octanol–water partition coefficient (Wildman–Crippen LogP) is 2.41. The molecule has 0 bridgehead atoms. The highest BCUT2D eigenvalue weighted by Gasteiger charge is 2.14. The summed E-state index contributed by atoms with van der Waals surface area (Å²) in [4.78, 5) is 22.8. The summed E-state index contributed by atoms with van der Waals surface area (Å²) in [6.45, 7) is 3.10. The molecular formula is C16H21N3O2. The monoisotopic (exact) mass is 287 g/mol. The third-order valence-electron chi connectivity index (χ3n) is 3.49. The zero-order valence-electron chi connectivity index (χ0n) is 12.5. The summed E-state index contributed by atoms with van der Waals surface area (Å²) < 4.78 is 0. The topological polar surface area (TPSA) is 70.6 Å². The Morgan fingerprint density at radius 1 is 1.19 bits per heavy atom. The van der Waals surface area contributed by atoms with E-state index < -0.39 is 0 Å². The molecule has 21 heavy (non-hydrogen) atoms. The van der Waals surface area contributed by atoms with Crippen molar-refractivity contribution in [1.29, 1.82) is 0 Å². The first-order chi connectivity index (χ1) is 10.1. The summed E-state index contributed by atoms with van der Waals surface area (Å²) in [5, 5.41) is 6.81. The quantitative estimate of drug-likeness (QED) is 0.659. The molecule has 1 aromatic carbocycles. The number of carbonyl (C=O) groups is 2. The minimum absolute atomic E-state index is 0.111. The minimum atomic E-state index is -0.244. The highest BCUT2D eigenvalue weighted by molar-refractivity contribution is 6.06. The Balaban J connectivity index is 2.00. The minimum Gasteiger partial charge on any atom is -0.325 e. The fourth-order valence-corrected chi connectivity index (χ4v) is 2.54. The maximum Gasteiger partial charge on any atom is 0.236 e. The SMILES string of the molecule is CC(=O)NN=C(C)CC(=O)Nc1cccc2c1CCCC2. The molecule has 112 valence electrons. The van der Waals surface area contributed by atoms with Crippen LogP contribution in [0.25, 0.3) is 0 Å². The van der Waals surface area contributed by atoms with E-state index in [-0.39, 0.29) is 18.2 Å². The van der Waals surface area contributed by atoms with E-state index in [0.29, 0.717) is 5.71 Å². The Morgan fingerprint density at radius 2 is 1.95 bits per heavy atom. The molecule has 0 heterocycles. The highest BCUT2D eigenvalue weighted by atomic mass is 16.2. The fraction of sp³-hybridized carbons (Fsp3) is 0.438. The number of carbonyl (C=O) groups excluding carboxylic acids is 2. The van der Waals surface area contributed by atoms with Crippen molar-refractivity contribution in [1.82, 2.24) is 5.43 Å². The van der Waals surface area contributed by atoms with Crippen LogP contribution in [0.2, 0.25) is 0 Å². The van der Waals surface area contributed by atoms with Crippen molar-refractivity contribution in [3.8, 4) is 0 Å². The Kier molecular flexibility index (Phi) is 5.09. The van der Waals surface area contributed by atoms with Crippen LogP contribution in [-0.2, 0) is 22.4 Å². The second kappa shape index (κ2) is 7.02. The summed E-state index contributed by atoms with van der Waals surface area (Å²) in [6, 6.07) is 6.06. The molecule has 0 aromatic heterocycles. The maximum atomic E-state index is 12.0. The zero-order chi connectivity index (χ0) is 15.2. The first-order valence-electron chi connectivity index (χ1n) is 7.26. The number of hydrogen-bond donors (Lipinski definition) is 2. The van der Waals surface area contributed by atoms with Crippen molar-refractivity contribution >= 4 is 23.2 Å². The molecule has 0 spiro atoms. The first-order valence-corrected chi connectivity index (χ1v) is 7.26. The maximum absolute atomic E-state index is 12.0. The molecule has 1 aromatic rings. The van der Waals surface area contributed by atoms with E-state index in [1.165, 1.54) is 30.9 Å². The average molecular weight is 287 g/mol. The Labute approximate surface area is 124 Å². The lowest BCUT2D eigenvalue weighted by atomic mass is 9.90. The second-order valence-corrected chi connectivity index (χ2v) is 5.39. The zero-order valence-corrected chi connectivity index (χ0v) is 12.5. The smallest absolute Gasteiger partial charge is 0.236 e. The third-order valence-corrected chi connectivity index (χ3v) is 3.49. The van der Waals surface area contributed by atoms with Crippen molar-refractivity contribution in [3.05, 3.63) is 29.3 Å². The molecule has 0 saturated heterocycles. The summed E-state index contributed by atoms with van der Waals surface area (Å²) in [5.74, 6) is -0.354. The molecule has 0 radical (unpaired) electrons. The Hall–Kier alpha value is -2.17. The van der Waals surface area contributed by atoms with E-state index >= 15 is 0 Å². The lowest BCUT2D eigenvalue weighted by Gasteiger charge is -2.19. The summed E-state index contributed by atoms with van der Waals surface area (Å²) in [6.07, 6.45) is 4.66. The van der Waals surface area contributed by atoms with Crippen LogP contribution < -0.4 is 10.7 Å². The number of hydrazone groups is 1. The van der Waals surface area contributed by atoms with Gasteiger partial charge in [-0.05, 0) is 49.8 Å². The predicted molar refractivity (Wildman–Crippen MR) is 83.3 cm³/mol.